The first-order chi connectivity index (χ1) is 54.1. The van der Waals surface area contributed by atoms with Crippen molar-refractivity contribution < 1.29 is 12.3 Å². The molecule has 0 saturated heterocycles. The van der Waals surface area contributed by atoms with E-state index in [9.17, 15) is 0 Å². The monoisotopic (exact) mass is 1540 g/mol. The van der Waals surface area contributed by atoms with E-state index in [0.717, 1.165) is 107 Å². The summed E-state index contributed by atoms with van der Waals surface area (Å²) in [5.74, 6) is 10.6. The van der Waals surface area contributed by atoms with Gasteiger partial charge in [-0.05, 0) is 328 Å². The summed E-state index contributed by atoms with van der Waals surface area (Å²) in [6.07, 6.45) is 74.5. The fourth-order valence-corrected chi connectivity index (χ4v) is 24.9. The van der Waals surface area contributed by atoms with Crippen LogP contribution in [-0.4, -0.2) is 0 Å². The van der Waals surface area contributed by atoms with E-state index in [0.29, 0.717) is 32.5 Å². The third-order valence-corrected chi connectivity index (χ3v) is 32.4. The zero-order valence-corrected chi connectivity index (χ0v) is 81.6. The van der Waals surface area contributed by atoms with Crippen molar-refractivity contribution in [1.82, 2.24) is 0 Å². The minimum atomic E-state index is -1.81. The van der Waals surface area contributed by atoms with Gasteiger partial charge in [0.25, 0.3) is 0 Å². The van der Waals surface area contributed by atoms with Gasteiger partial charge >= 0.3 is 0 Å². The average Bonchev–Trinajstić information content (AvgIpc) is 1.31. The van der Waals surface area contributed by atoms with Gasteiger partial charge in [0, 0.05) is 12.3 Å². The van der Waals surface area contributed by atoms with Gasteiger partial charge in [-0.15, -0.1) is 0 Å². The molecule has 0 amide bonds. The highest BCUT2D eigenvalue weighted by Gasteiger charge is 2.51. The van der Waals surface area contributed by atoms with E-state index >= 15 is 0 Å². The Labute approximate surface area is 711 Å². The summed E-state index contributed by atoms with van der Waals surface area (Å²) in [4.78, 5) is 0. The molecule has 0 heterocycles. The number of hydrogen-bond donors (Lipinski definition) is 0. The van der Waals surface area contributed by atoms with Crippen LogP contribution in [0.4, 0.5) is 0 Å². The lowest BCUT2D eigenvalue weighted by atomic mass is 9.49. The molecular weight excluding hydrogens is 1320 g/mol. The average molecular weight is 1550 g/mol. The van der Waals surface area contributed by atoms with Gasteiger partial charge in [0.05, 0.1) is 0 Å². The van der Waals surface area contributed by atoms with Crippen molar-refractivity contribution in [3.05, 3.63) is 0 Å². The molecule has 17 aliphatic rings. The zero-order valence-electron chi connectivity index (χ0n) is 90.6. The van der Waals surface area contributed by atoms with E-state index in [2.05, 4.69) is 125 Å². The highest BCUT2D eigenvalue weighted by molar-refractivity contribution is 5.02. The summed E-state index contributed by atoms with van der Waals surface area (Å²) in [5.41, 5.74) is 6.19. The number of rotatable bonds is 2. The smallest absolute Gasteiger partial charge is 0.0300 e. The van der Waals surface area contributed by atoms with Gasteiger partial charge in [-0.2, -0.15) is 0 Å². The summed E-state index contributed by atoms with van der Waals surface area (Å²) in [6.45, 7) is 63.2. The Morgan fingerprint density at radius 1 is 0.355 bits per heavy atom. The SMILES string of the molecule is CC(C)(C)C.CC1CCC2(CC1)CC(C)(C)CC(C)(C)C2.CC1CCC2(CC1)CCC(C)(C)CC2.CC1CCC2(CCCC2)CC1.CC1CCC2(CCCCC2)CC1.CCC12CC3CC(CC(C3)C1)C2.C[C@@H]1C2CCC(CC2)C1(C)C.[2H]C([2H])(C)C(C)(C)C.[2H]C([2H])(C)C(C)C.[2H]C([2H])([2H])C(C)(C)C.[2H]C1(C)CCCC1.[2H]C1(C)CCCCC1. The molecule has 6 bridgehead atoms. The van der Waals surface area contributed by atoms with E-state index in [1.165, 1.54) is 218 Å². The molecule has 17 saturated carbocycles. The molecule has 4 spiro atoms. The molecule has 0 aromatic carbocycles. The third kappa shape index (κ3) is 40.4. The van der Waals surface area contributed by atoms with E-state index < -0.39 is 25.0 Å². The van der Waals surface area contributed by atoms with Gasteiger partial charge in [0.2, 0.25) is 0 Å². The molecule has 0 radical (unpaired) electrons. The molecule has 0 nitrogen and oxygen atoms in total. The fourth-order valence-electron chi connectivity index (χ4n) is 24.9. The molecule has 1 atom stereocenters. The number of fused-ring (bicyclic) bond motifs is 3. The largest absolute Gasteiger partial charge is 0.0651 e. The van der Waals surface area contributed by atoms with Gasteiger partial charge in [-0.1, -0.05) is 375 Å². The summed E-state index contributed by atoms with van der Waals surface area (Å²) in [7, 11) is 0. The van der Waals surface area contributed by atoms with Crippen LogP contribution < -0.4 is 0 Å². The Hall–Kier alpha value is 0. The minimum absolute atomic E-state index is 0.0556. The Balaban J connectivity index is 0.000000276. The standard InChI is InChI=1S/C16H30.C14H26.C12H20.C12H22.2C11H20.C7H14.C6H12.C6H14.3C5H12/c1-13-6-8-16(9-7-13)11-14(2,3)10-15(4,5)12-16;1-12-4-6-14(7-5-12)10-8-13(2,3)9-11-14;1-2-12-6-9-3-10(7-12)5-11(4-9)8-12;1-11-5-9-12(10-6-11)7-3-2-4-8-12;1-8-9-4-6-10(7-5-9)11(8,2)3;1-10-4-8-11(9-5-10)6-2-3-7-11;1-7-5-3-2-4-6-7;1-6-4-2-3-5-6;1-5-6(2,3)4;2*1-5(2,3)4;1-4-5(2)3/h13H,6-12H2,1-5H3;12H,4-11H2,1-3H3;9-11H,2-8H2,1H3;11H,2-10H2,1H3;8-10H,4-7H2,1-3H3;10H,2-9H2,1H3;7H,2-6H2,1H3;6H,2-5H2,1H3;5H2,1-4H3;2*1-4H3;5H,4H2,1-3H3/t;;;;8-,9?,10?;;;;;;;/m....1......./s1/i;;;;;;7D;6D;5D2;1D3;;4D2. The van der Waals surface area contributed by atoms with Gasteiger partial charge < -0.3 is 0 Å². The van der Waals surface area contributed by atoms with Crippen LogP contribution in [0.2, 0.25) is 0 Å². The quantitative estimate of drug-likeness (QED) is 0.259. The minimum Gasteiger partial charge on any atom is -0.0651 e. The van der Waals surface area contributed by atoms with Crippen molar-refractivity contribution in [3.63, 3.8) is 0 Å². The van der Waals surface area contributed by atoms with E-state index in [1.54, 1.807) is 125 Å². The van der Waals surface area contributed by atoms with Crippen molar-refractivity contribution in [2.45, 2.75) is 561 Å². The molecule has 17 rings (SSSR count). The molecule has 110 heavy (non-hydrogen) atoms. The van der Waals surface area contributed by atoms with Gasteiger partial charge in [0.1, 0.15) is 0 Å². The second-order valence-corrected chi connectivity index (χ2v) is 50.4. The lowest BCUT2D eigenvalue weighted by Gasteiger charge is -2.56. The van der Waals surface area contributed by atoms with E-state index in [4.69, 9.17) is 12.3 Å². The second-order valence-electron chi connectivity index (χ2n) is 50.4. The highest BCUT2D eigenvalue weighted by atomic mass is 14.6. The third-order valence-electron chi connectivity index (χ3n) is 32.4. The van der Waals surface area contributed by atoms with Crippen LogP contribution in [0.25, 0.3) is 0 Å². The molecule has 0 aromatic heterocycles. The lowest BCUT2D eigenvalue weighted by Crippen LogP contribution is -2.45. The van der Waals surface area contributed by atoms with Gasteiger partial charge in [0.15, 0.2) is 0 Å². The van der Waals surface area contributed by atoms with Crippen molar-refractivity contribution in [2.75, 3.05) is 0 Å². The summed E-state index contributed by atoms with van der Waals surface area (Å²) in [5, 5.41) is 0. The normalized spacial score (nSPS) is 34.1. The molecule has 0 aliphatic heterocycles. The Bertz CT molecular complexity index is 2570. The number of hydrogen-bond acceptors (Lipinski definition) is 0. The zero-order chi connectivity index (χ0) is 90.6. The van der Waals surface area contributed by atoms with Crippen LogP contribution in [0.15, 0.2) is 0 Å². The molecule has 0 unspecified atom stereocenters. The Kier molecular flexibility index (Phi) is 37.3. The fraction of sp³-hybridized carbons (Fsp3) is 1.00. The topological polar surface area (TPSA) is 0 Å². The second kappa shape index (κ2) is 46.7. The summed E-state index contributed by atoms with van der Waals surface area (Å²) in [6, 6.07) is 0. The first-order valence-electron chi connectivity index (χ1n) is 54.1. The molecule has 0 aromatic rings. The molecule has 0 N–H and O–H groups in total. The predicted octanol–water partition coefficient (Wildman–Crippen LogP) is 38.6. The Morgan fingerprint density at radius 2 is 0.636 bits per heavy atom. The van der Waals surface area contributed by atoms with Crippen LogP contribution in [0.1, 0.15) is 574 Å². The van der Waals surface area contributed by atoms with Crippen molar-refractivity contribution in [1.29, 1.82) is 0 Å². The maximum Gasteiger partial charge on any atom is 0.0300 e. The molecule has 17 aliphatic carbocycles. The van der Waals surface area contributed by atoms with Crippen LogP contribution in [0, 0.1) is 142 Å². The first kappa shape index (κ1) is 87.8. The molecule has 654 valence electrons. The predicted molar refractivity (Wildman–Crippen MR) is 500 cm³/mol. The van der Waals surface area contributed by atoms with Crippen LogP contribution in [-0.2, 0) is 0 Å². The lowest BCUT2D eigenvalue weighted by molar-refractivity contribution is -0.0545. The van der Waals surface area contributed by atoms with E-state index in [-0.39, 0.29) is 23.1 Å². The van der Waals surface area contributed by atoms with Crippen LogP contribution in [0.3, 0.4) is 0 Å². The van der Waals surface area contributed by atoms with Crippen molar-refractivity contribution in [2.24, 2.45) is 142 Å². The summed E-state index contributed by atoms with van der Waals surface area (Å²) < 4.78 is 64.5. The van der Waals surface area contributed by atoms with E-state index in [1.807, 2.05) is 48.5 Å². The molecule has 0 heteroatoms. The molecule has 17 fully saturated rings. The molecular formula is C110H214. The summed E-state index contributed by atoms with van der Waals surface area (Å²) >= 11 is 0. The van der Waals surface area contributed by atoms with Gasteiger partial charge in [-0.3, -0.25) is 0 Å². The maximum atomic E-state index is 7.63. The van der Waals surface area contributed by atoms with Crippen LogP contribution >= 0.6 is 0 Å². The maximum absolute atomic E-state index is 7.63. The van der Waals surface area contributed by atoms with Crippen molar-refractivity contribution >= 4 is 0 Å². The Morgan fingerprint density at radius 3 is 0.882 bits per heavy atom. The first-order valence-corrected chi connectivity index (χ1v) is 49.6. The van der Waals surface area contributed by atoms with Crippen LogP contribution in [0.5, 0.6) is 0 Å². The van der Waals surface area contributed by atoms with Crippen molar-refractivity contribution in [3.8, 4) is 0 Å². The van der Waals surface area contributed by atoms with Gasteiger partial charge in [-0.25, -0.2) is 0 Å². The highest BCUT2D eigenvalue weighted by Crippen LogP contribution is 2.63.